The third kappa shape index (κ3) is 5.41. The second-order valence-electron chi connectivity index (χ2n) is 6.35. The first-order chi connectivity index (χ1) is 9.10. The van der Waals surface area contributed by atoms with Gasteiger partial charge in [-0.05, 0) is 53.4 Å². The summed E-state index contributed by atoms with van der Waals surface area (Å²) in [6, 6.07) is 2.09. The van der Waals surface area contributed by atoms with Gasteiger partial charge in [-0.3, -0.25) is 4.90 Å². The Hall–Kier alpha value is -0.120. The molecule has 19 heavy (non-hydrogen) atoms. The Balaban J connectivity index is 2.63. The highest BCUT2D eigenvalue weighted by Gasteiger charge is 2.31. The summed E-state index contributed by atoms with van der Waals surface area (Å²) in [5, 5.41) is 3.79. The van der Waals surface area contributed by atoms with Crippen molar-refractivity contribution >= 4 is 0 Å². The van der Waals surface area contributed by atoms with Crippen molar-refractivity contribution in [3.63, 3.8) is 0 Å². The van der Waals surface area contributed by atoms with Crippen LogP contribution in [0.5, 0.6) is 0 Å². The first kappa shape index (κ1) is 16.9. The van der Waals surface area contributed by atoms with Crippen molar-refractivity contribution in [3.8, 4) is 0 Å². The second kappa shape index (κ2) is 8.93. The van der Waals surface area contributed by atoms with E-state index >= 15 is 0 Å². The van der Waals surface area contributed by atoms with Crippen LogP contribution in [-0.4, -0.2) is 61.7 Å². The lowest BCUT2D eigenvalue weighted by Gasteiger charge is -2.43. The maximum absolute atomic E-state index is 3.79. The molecular formula is C16H35N3. The van der Waals surface area contributed by atoms with E-state index < -0.39 is 0 Å². The number of hydrogen-bond acceptors (Lipinski definition) is 3. The Kier molecular flexibility index (Phi) is 7.96. The van der Waals surface area contributed by atoms with Gasteiger partial charge in [0, 0.05) is 24.7 Å². The molecule has 0 radical (unpaired) electrons. The van der Waals surface area contributed by atoms with Crippen LogP contribution in [0.4, 0.5) is 0 Å². The lowest BCUT2D eigenvalue weighted by atomic mass is 9.88. The summed E-state index contributed by atoms with van der Waals surface area (Å²) >= 11 is 0. The second-order valence-corrected chi connectivity index (χ2v) is 6.35. The molecule has 0 bridgehead atoms. The number of hydrogen-bond donors (Lipinski definition) is 1. The van der Waals surface area contributed by atoms with Crippen molar-refractivity contribution in [2.75, 3.05) is 33.7 Å². The van der Waals surface area contributed by atoms with Crippen LogP contribution in [0.1, 0.15) is 52.9 Å². The van der Waals surface area contributed by atoms with Gasteiger partial charge in [0.1, 0.15) is 0 Å². The minimum Gasteiger partial charge on any atom is -0.312 e. The van der Waals surface area contributed by atoms with Crippen LogP contribution >= 0.6 is 0 Å². The molecule has 3 nitrogen and oxygen atoms in total. The third-order valence-corrected chi connectivity index (χ3v) is 4.37. The van der Waals surface area contributed by atoms with Gasteiger partial charge in [0.2, 0.25) is 0 Å². The number of likely N-dealkylation sites (N-methyl/N-ethyl adjacent to an activating group) is 2. The zero-order valence-electron chi connectivity index (χ0n) is 13.8. The molecular weight excluding hydrogens is 234 g/mol. The minimum atomic E-state index is 0.647. The average Bonchev–Trinajstić information content (AvgIpc) is 2.37. The topological polar surface area (TPSA) is 18.5 Å². The summed E-state index contributed by atoms with van der Waals surface area (Å²) in [7, 11) is 4.36. The van der Waals surface area contributed by atoms with E-state index in [1.165, 1.54) is 45.2 Å². The molecule has 0 amide bonds. The summed E-state index contributed by atoms with van der Waals surface area (Å²) in [5.74, 6) is 0. The van der Waals surface area contributed by atoms with Crippen LogP contribution in [-0.2, 0) is 0 Å². The van der Waals surface area contributed by atoms with E-state index in [1.807, 2.05) is 0 Å². The van der Waals surface area contributed by atoms with Crippen molar-refractivity contribution < 1.29 is 0 Å². The van der Waals surface area contributed by atoms with Crippen molar-refractivity contribution in [2.24, 2.45) is 0 Å². The van der Waals surface area contributed by atoms with Crippen LogP contribution in [0.3, 0.4) is 0 Å². The van der Waals surface area contributed by atoms with Crippen molar-refractivity contribution in [3.05, 3.63) is 0 Å². The lowest BCUT2D eigenvalue weighted by Crippen LogP contribution is -2.56. The van der Waals surface area contributed by atoms with E-state index in [-0.39, 0.29) is 0 Å². The monoisotopic (exact) mass is 269 g/mol. The van der Waals surface area contributed by atoms with Crippen molar-refractivity contribution in [2.45, 2.75) is 71.0 Å². The third-order valence-electron chi connectivity index (χ3n) is 4.37. The summed E-state index contributed by atoms with van der Waals surface area (Å²) < 4.78 is 0. The van der Waals surface area contributed by atoms with Crippen LogP contribution < -0.4 is 5.32 Å². The molecule has 0 aromatic carbocycles. The van der Waals surface area contributed by atoms with E-state index in [4.69, 9.17) is 0 Å². The Morgan fingerprint density at radius 3 is 2.42 bits per heavy atom. The molecule has 0 spiro atoms. The predicted octanol–water partition coefficient (Wildman–Crippen LogP) is 2.57. The molecule has 1 saturated carbocycles. The number of nitrogens with one attached hydrogen (secondary N) is 1. The smallest absolute Gasteiger partial charge is 0.0252 e. The Labute approximate surface area is 120 Å². The van der Waals surface area contributed by atoms with Crippen molar-refractivity contribution in [1.82, 2.24) is 15.1 Å². The van der Waals surface area contributed by atoms with Gasteiger partial charge in [-0.25, -0.2) is 0 Å². The van der Waals surface area contributed by atoms with Crippen LogP contribution in [0.25, 0.3) is 0 Å². The highest BCUT2D eigenvalue weighted by Crippen LogP contribution is 2.25. The van der Waals surface area contributed by atoms with E-state index in [9.17, 15) is 0 Å². The Morgan fingerprint density at radius 1 is 1.16 bits per heavy atom. The number of nitrogens with zero attached hydrogens (tertiary/aromatic N) is 2. The zero-order chi connectivity index (χ0) is 14.3. The zero-order valence-corrected chi connectivity index (χ0v) is 13.8. The van der Waals surface area contributed by atoms with Crippen LogP contribution in [0, 0.1) is 0 Å². The molecule has 0 aromatic heterocycles. The highest BCUT2D eigenvalue weighted by molar-refractivity contribution is 4.90. The summed E-state index contributed by atoms with van der Waals surface area (Å²) in [6.45, 7) is 10.5. The molecule has 1 aliphatic carbocycles. The Bertz CT molecular complexity index is 230. The van der Waals surface area contributed by atoms with E-state index in [2.05, 4.69) is 50.0 Å². The molecule has 114 valence electrons. The van der Waals surface area contributed by atoms with Gasteiger partial charge >= 0.3 is 0 Å². The fraction of sp³-hybridized carbons (Fsp3) is 1.00. The molecule has 0 saturated heterocycles. The molecule has 0 aliphatic heterocycles. The van der Waals surface area contributed by atoms with E-state index in [0.29, 0.717) is 12.1 Å². The summed E-state index contributed by atoms with van der Waals surface area (Å²) in [6.07, 6.45) is 6.77. The van der Waals surface area contributed by atoms with E-state index in [1.54, 1.807) is 0 Å². The largest absolute Gasteiger partial charge is 0.312 e. The van der Waals surface area contributed by atoms with Gasteiger partial charge in [-0.15, -0.1) is 0 Å². The van der Waals surface area contributed by atoms with Gasteiger partial charge in [-0.2, -0.15) is 0 Å². The predicted molar refractivity (Wildman–Crippen MR) is 84.7 cm³/mol. The molecule has 3 heteroatoms. The SMILES string of the molecule is CCCNC1CCCCC1N(CC)C(C)CN(C)C. The van der Waals surface area contributed by atoms with Crippen LogP contribution in [0.2, 0.25) is 0 Å². The van der Waals surface area contributed by atoms with Gasteiger partial charge in [-0.1, -0.05) is 26.7 Å². The summed E-state index contributed by atoms with van der Waals surface area (Å²) in [4.78, 5) is 5.04. The van der Waals surface area contributed by atoms with Crippen LogP contribution in [0.15, 0.2) is 0 Å². The molecule has 1 rings (SSSR count). The maximum Gasteiger partial charge on any atom is 0.0252 e. The van der Waals surface area contributed by atoms with Gasteiger partial charge in [0.15, 0.2) is 0 Å². The quantitative estimate of drug-likeness (QED) is 0.730. The van der Waals surface area contributed by atoms with Gasteiger partial charge in [0.25, 0.3) is 0 Å². The highest BCUT2D eigenvalue weighted by atomic mass is 15.2. The fourth-order valence-corrected chi connectivity index (χ4v) is 3.58. The van der Waals surface area contributed by atoms with Crippen molar-refractivity contribution in [1.29, 1.82) is 0 Å². The first-order valence-corrected chi connectivity index (χ1v) is 8.24. The lowest BCUT2D eigenvalue weighted by molar-refractivity contribution is 0.0777. The van der Waals surface area contributed by atoms with Gasteiger partial charge in [0.05, 0.1) is 0 Å². The standard InChI is InChI=1S/C16H35N3/c1-6-12-17-15-10-8-9-11-16(15)19(7-2)14(3)13-18(4)5/h14-17H,6-13H2,1-5H3. The Morgan fingerprint density at radius 2 is 1.84 bits per heavy atom. The molecule has 1 N–H and O–H groups in total. The van der Waals surface area contributed by atoms with E-state index in [0.717, 1.165) is 12.6 Å². The average molecular weight is 269 g/mol. The molecule has 1 fully saturated rings. The normalized spacial score (nSPS) is 26.1. The first-order valence-electron chi connectivity index (χ1n) is 8.24. The molecule has 3 unspecified atom stereocenters. The molecule has 1 aliphatic rings. The van der Waals surface area contributed by atoms with Gasteiger partial charge < -0.3 is 10.2 Å². The molecule has 0 aromatic rings. The molecule has 3 atom stereocenters. The fourth-order valence-electron chi connectivity index (χ4n) is 3.58. The number of rotatable bonds is 8. The molecule has 0 heterocycles. The summed E-state index contributed by atoms with van der Waals surface area (Å²) in [5.41, 5.74) is 0. The maximum atomic E-state index is 3.79. The minimum absolute atomic E-state index is 0.647.